The highest BCUT2D eigenvalue weighted by Gasteiger charge is 2.36. The van der Waals surface area contributed by atoms with E-state index in [1.54, 1.807) is 57.2 Å². The van der Waals surface area contributed by atoms with Crippen molar-refractivity contribution in [3.8, 4) is 28.8 Å². The van der Waals surface area contributed by atoms with E-state index < -0.39 is 45.9 Å². The van der Waals surface area contributed by atoms with Crippen molar-refractivity contribution in [2.24, 2.45) is 5.73 Å². The highest BCUT2D eigenvalue weighted by molar-refractivity contribution is 7.89. The Labute approximate surface area is 252 Å². The summed E-state index contributed by atoms with van der Waals surface area (Å²) >= 11 is 12.7. The summed E-state index contributed by atoms with van der Waals surface area (Å²) in [5.41, 5.74) is 6.07. The number of amides is 1. The fourth-order valence-electron chi connectivity index (χ4n) is 3.74. The first-order valence-electron chi connectivity index (χ1n) is 12.4. The smallest absolute Gasteiger partial charge is 0.367 e. The molecule has 0 aliphatic carbocycles. The van der Waals surface area contributed by atoms with Gasteiger partial charge in [0.05, 0.1) is 28.8 Å². The van der Waals surface area contributed by atoms with Crippen LogP contribution in [0.1, 0.15) is 42.4 Å². The maximum absolute atomic E-state index is 13.3. The Morgan fingerprint density at radius 2 is 1.79 bits per heavy atom. The molecular weight excluding hydrogens is 616 g/mol. The van der Waals surface area contributed by atoms with Gasteiger partial charge in [0.2, 0.25) is 0 Å². The zero-order valence-electron chi connectivity index (χ0n) is 23.1. The lowest BCUT2D eigenvalue weighted by molar-refractivity contribution is -0.158. The second-order valence-electron chi connectivity index (χ2n) is 10.5. The largest absolute Gasteiger partial charge is 0.405 e. The minimum atomic E-state index is -4.57. The molecule has 0 aliphatic heterocycles. The number of nitrogens with two attached hydrogens (primary N) is 1. The molecule has 1 aromatic heterocycles. The van der Waals surface area contributed by atoms with Crippen LogP contribution in [0.4, 0.5) is 13.2 Å². The normalized spacial score (nSPS) is 12.9. The molecule has 42 heavy (non-hydrogen) atoms. The Kier molecular flexibility index (Phi) is 10.4. The number of carbonyl (C=O) groups excluding carboxylic acids is 1. The van der Waals surface area contributed by atoms with Gasteiger partial charge in [0.25, 0.3) is 5.91 Å². The Hall–Kier alpha value is -3.08. The van der Waals surface area contributed by atoms with Gasteiger partial charge in [0, 0.05) is 33.5 Å². The first-order valence-corrected chi connectivity index (χ1v) is 15.2. The molecule has 0 spiro atoms. The number of nitrogens with one attached hydrogen (secondary N) is 1. The molecule has 0 saturated carbocycles. The molecule has 3 rings (SSSR count). The van der Waals surface area contributed by atoms with Crippen LogP contribution >= 0.6 is 23.2 Å². The van der Waals surface area contributed by atoms with E-state index in [2.05, 4.69) is 22.3 Å². The van der Waals surface area contributed by atoms with Gasteiger partial charge in [-0.25, -0.2) is 13.1 Å². The zero-order valence-corrected chi connectivity index (χ0v) is 25.5. The number of halogens is 5. The third kappa shape index (κ3) is 9.21. The SMILES string of the molecule is CC(C)(C)NC(=O)c1nn(-c2ccc(C#CCOC[C@@H](N)C(F)(F)F)cc2Cl)c(-c2ccc(Cl)cc2)c1CS(C)(=O)=O. The van der Waals surface area contributed by atoms with E-state index >= 15 is 0 Å². The van der Waals surface area contributed by atoms with E-state index in [9.17, 15) is 26.4 Å². The van der Waals surface area contributed by atoms with Crippen molar-refractivity contribution in [2.75, 3.05) is 19.5 Å². The molecule has 0 unspecified atom stereocenters. The quantitative estimate of drug-likeness (QED) is 0.258. The Morgan fingerprint density at radius 1 is 1.14 bits per heavy atom. The average molecular weight is 646 g/mol. The van der Waals surface area contributed by atoms with Crippen LogP contribution < -0.4 is 11.1 Å². The van der Waals surface area contributed by atoms with E-state index in [4.69, 9.17) is 33.7 Å². The fourth-order valence-corrected chi connectivity index (χ4v) is 4.92. The first-order chi connectivity index (χ1) is 19.4. The molecule has 3 aromatic rings. The lowest BCUT2D eigenvalue weighted by atomic mass is 10.0. The molecule has 3 N–H and O–H groups in total. The second-order valence-corrected chi connectivity index (χ2v) is 13.5. The number of nitrogens with zero attached hydrogens (tertiary/aromatic N) is 2. The summed E-state index contributed by atoms with van der Waals surface area (Å²) in [6.07, 6.45) is -3.51. The molecule has 0 radical (unpaired) electrons. The van der Waals surface area contributed by atoms with Crippen LogP contribution in [0.2, 0.25) is 10.0 Å². The minimum Gasteiger partial charge on any atom is -0.367 e. The molecule has 8 nitrogen and oxygen atoms in total. The van der Waals surface area contributed by atoms with Gasteiger partial charge >= 0.3 is 6.18 Å². The summed E-state index contributed by atoms with van der Waals surface area (Å²) in [6, 6.07) is 9.15. The minimum absolute atomic E-state index is 0.0885. The van der Waals surface area contributed by atoms with Crippen molar-refractivity contribution in [3.05, 3.63) is 69.3 Å². The summed E-state index contributed by atoms with van der Waals surface area (Å²) in [6.45, 7) is 4.33. The van der Waals surface area contributed by atoms with Gasteiger partial charge in [-0.1, -0.05) is 47.2 Å². The number of benzene rings is 2. The number of rotatable bonds is 8. The number of hydrogen-bond acceptors (Lipinski definition) is 6. The monoisotopic (exact) mass is 644 g/mol. The fraction of sp³-hybridized carbons (Fsp3) is 0.357. The highest BCUT2D eigenvalue weighted by atomic mass is 35.5. The van der Waals surface area contributed by atoms with Crippen LogP contribution in [0.25, 0.3) is 16.9 Å². The average Bonchev–Trinajstić information content (AvgIpc) is 3.20. The summed E-state index contributed by atoms with van der Waals surface area (Å²) < 4.78 is 68.8. The van der Waals surface area contributed by atoms with Crippen LogP contribution in [0.3, 0.4) is 0 Å². The molecule has 1 atom stereocenters. The van der Waals surface area contributed by atoms with E-state index in [-0.39, 0.29) is 22.9 Å². The molecule has 1 heterocycles. The molecule has 0 saturated heterocycles. The van der Waals surface area contributed by atoms with E-state index in [0.29, 0.717) is 27.5 Å². The second kappa shape index (κ2) is 13.1. The Morgan fingerprint density at radius 3 is 2.33 bits per heavy atom. The molecule has 1 amide bonds. The maximum atomic E-state index is 13.3. The van der Waals surface area contributed by atoms with Crippen molar-refractivity contribution in [1.82, 2.24) is 15.1 Å². The predicted molar refractivity (Wildman–Crippen MR) is 157 cm³/mol. The van der Waals surface area contributed by atoms with Crippen LogP contribution in [0.5, 0.6) is 0 Å². The molecule has 0 aliphatic rings. The van der Waals surface area contributed by atoms with Crippen LogP contribution in [-0.2, 0) is 20.3 Å². The van der Waals surface area contributed by atoms with Gasteiger partial charge in [0.1, 0.15) is 12.6 Å². The molecular formula is C28H29Cl2F3N4O4S. The topological polar surface area (TPSA) is 116 Å². The van der Waals surface area contributed by atoms with Gasteiger partial charge < -0.3 is 15.8 Å². The Balaban J connectivity index is 2.08. The summed E-state index contributed by atoms with van der Waals surface area (Å²) in [5.74, 6) is 4.31. The third-order valence-corrected chi connectivity index (χ3v) is 6.88. The van der Waals surface area contributed by atoms with Crippen LogP contribution in [0, 0.1) is 11.8 Å². The van der Waals surface area contributed by atoms with E-state index in [0.717, 1.165) is 6.26 Å². The van der Waals surface area contributed by atoms with Crippen molar-refractivity contribution in [1.29, 1.82) is 0 Å². The summed E-state index contributed by atoms with van der Waals surface area (Å²) in [5, 5.41) is 7.96. The maximum Gasteiger partial charge on any atom is 0.405 e. The number of aromatic nitrogens is 2. The van der Waals surface area contributed by atoms with Gasteiger partial charge in [-0.2, -0.15) is 18.3 Å². The van der Waals surface area contributed by atoms with Crippen molar-refractivity contribution < 1.29 is 31.1 Å². The van der Waals surface area contributed by atoms with E-state index in [1.807, 2.05) is 0 Å². The lowest BCUT2D eigenvalue weighted by Gasteiger charge is -2.20. The van der Waals surface area contributed by atoms with E-state index in [1.165, 1.54) is 10.7 Å². The molecule has 0 bridgehead atoms. The van der Waals surface area contributed by atoms with Crippen molar-refractivity contribution in [2.45, 2.75) is 44.3 Å². The van der Waals surface area contributed by atoms with Crippen molar-refractivity contribution >= 4 is 38.9 Å². The highest BCUT2D eigenvalue weighted by Crippen LogP contribution is 2.34. The third-order valence-electron chi connectivity index (χ3n) is 5.51. The zero-order chi connectivity index (χ0) is 31.5. The van der Waals surface area contributed by atoms with Gasteiger partial charge in [-0.3, -0.25) is 4.79 Å². The number of ether oxygens (including phenoxy) is 1. The molecule has 14 heteroatoms. The summed E-state index contributed by atoms with van der Waals surface area (Å²) in [7, 11) is -3.62. The molecule has 226 valence electrons. The molecule has 2 aromatic carbocycles. The van der Waals surface area contributed by atoms with Gasteiger partial charge in [-0.15, -0.1) is 0 Å². The Bertz CT molecular complexity index is 1620. The van der Waals surface area contributed by atoms with Crippen LogP contribution in [-0.4, -0.2) is 61.3 Å². The predicted octanol–water partition coefficient (Wildman–Crippen LogP) is 5.18. The van der Waals surface area contributed by atoms with Crippen LogP contribution in [0.15, 0.2) is 42.5 Å². The van der Waals surface area contributed by atoms with Crippen molar-refractivity contribution in [3.63, 3.8) is 0 Å². The van der Waals surface area contributed by atoms with Gasteiger partial charge in [-0.05, 0) is 51.1 Å². The standard InChI is InChI=1S/C28H29Cl2F3N4O4S/c1-27(2,3)35-26(38)24-20(16-42(4,39)40)25(18-8-10-19(29)11-9-18)37(36-24)22-12-7-17(14-21(22)30)6-5-13-41-15-23(34)28(31,32)33/h7-12,14,23H,13,15-16,34H2,1-4H3,(H,35,38)/t23-/m1/s1. The lowest BCUT2D eigenvalue weighted by Crippen LogP contribution is -2.41. The number of alkyl halides is 3. The number of carbonyl (C=O) groups is 1. The first kappa shape index (κ1) is 33.4. The molecule has 0 fully saturated rings. The van der Waals surface area contributed by atoms with Gasteiger partial charge in [0.15, 0.2) is 15.5 Å². The number of hydrogen-bond donors (Lipinski definition) is 2. The summed E-state index contributed by atoms with van der Waals surface area (Å²) in [4.78, 5) is 13.3. The number of sulfone groups is 1.